The quantitative estimate of drug-likeness (QED) is 0.828. The topological polar surface area (TPSA) is 55.1 Å². The van der Waals surface area contributed by atoms with Gasteiger partial charge in [0.1, 0.15) is 0 Å². The van der Waals surface area contributed by atoms with Crippen molar-refractivity contribution in [3.05, 3.63) is 33.8 Å². The molecule has 0 saturated carbocycles. The third-order valence-corrected chi connectivity index (χ3v) is 3.63. The highest BCUT2D eigenvalue weighted by Gasteiger charge is 2.28. The molecule has 2 rings (SSSR count). The highest BCUT2D eigenvalue weighted by molar-refractivity contribution is 9.10. The Morgan fingerprint density at radius 1 is 1.50 bits per heavy atom. The van der Waals surface area contributed by atoms with E-state index in [2.05, 4.69) is 21.2 Å². The van der Waals surface area contributed by atoms with Crippen LogP contribution in [0.5, 0.6) is 0 Å². The number of carbonyl (C=O) groups is 1. The van der Waals surface area contributed by atoms with Crippen LogP contribution in [0.1, 0.15) is 30.0 Å². The lowest BCUT2D eigenvalue weighted by Gasteiger charge is -2.30. The predicted molar refractivity (Wildman–Crippen MR) is 67.0 cm³/mol. The minimum absolute atomic E-state index is 0.00305. The maximum atomic E-state index is 11.4. The maximum absolute atomic E-state index is 11.4. The summed E-state index contributed by atoms with van der Waals surface area (Å²) in [6, 6.07) is 6.03. The Kier molecular flexibility index (Phi) is 3.30. The number of piperidine rings is 1. The summed E-state index contributed by atoms with van der Waals surface area (Å²) >= 11 is 3.52. The molecule has 0 bridgehead atoms. The van der Waals surface area contributed by atoms with E-state index >= 15 is 0 Å². The fraction of sp³-hybridized carbons (Fsp3) is 0.417. The molecule has 1 heterocycles. The zero-order valence-corrected chi connectivity index (χ0v) is 10.8. The van der Waals surface area contributed by atoms with E-state index in [0.29, 0.717) is 6.42 Å². The SMILES string of the molecule is Cc1ccc(C2NC(=O)CCC2N)c(Br)c1. The molecule has 0 aliphatic carbocycles. The number of rotatable bonds is 1. The van der Waals surface area contributed by atoms with Gasteiger partial charge in [0.25, 0.3) is 0 Å². The van der Waals surface area contributed by atoms with Gasteiger partial charge in [-0.15, -0.1) is 0 Å². The van der Waals surface area contributed by atoms with E-state index in [-0.39, 0.29) is 18.0 Å². The largest absolute Gasteiger partial charge is 0.348 e. The monoisotopic (exact) mass is 282 g/mol. The van der Waals surface area contributed by atoms with Crippen molar-refractivity contribution in [1.82, 2.24) is 5.32 Å². The van der Waals surface area contributed by atoms with Gasteiger partial charge in [-0.25, -0.2) is 0 Å². The number of nitrogens with one attached hydrogen (secondary N) is 1. The first kappa shape index (κ1) is 11.6. The molecule has 0 radical (unpaired) electrons. The number of aryl methyl sites for hydroxylation is 1. The first-order chi connectivity index (χ1) is 7.58. The Bertz CT molecular complexity index is 419. The van der Waals surface area contributed by atoms with Crippen molar-refractivity contribution in [3.8, 4) is 0 Å². The molecule has 0 aromatic heterocycles. The molecule has 1 aromatic rings. The van der Waals surface area contributed by atoms with Gasteiger partial charge in [-0.3, -0.25) is 4.79 Å². The molecule has 2 atom stereocenters. The van der Waals surface area contributed by atoms with Crippen molar-refractivity contribution in [1.29, 1.82) is 0 Å². The molecular weight excluding hydrogens is 268 g/mol. The fourth-order valence-corrected chi connectivity index (χ4v) is 2.75. The molecule has 1 fully saturated rings. The smallest absolute Gasteiger partial charge is 0.220 e. The van der Waals surface area contributed by atoms with Crippen molar-refractivity contribution >= 4 is 21.8 Å². The summed E-state index contributed by atoms with van der Waals surface area (Å²) in [5.74, 6) is 0.0826. The lowest BCUT2D eigenvalue weighted by atomic mass is 9.92. The first-order valence-electron chi connectivity index (χ1n) is 5.39. The third-order valence-electron chi connectivity index (χ3n) is 2.94. The average molecular weight is 283 g/mol. The summed E-state index contributed by atoms with van der Waals surface area (Å²) in [5, 5.41) is 2.95. The van der Waals surface area contributed by atoms with Crippen LogP contribution < -0.4 is 11.1 Å². The standard InChI is InChI=1S/C12H15BrN2O/c1-7-2-3-8(9(13)6-7)12-10(14)4-5-11(16)15-12/h2-3,6,10,12H,4-5,14H2,1H3,(H,15,16). The van der Waals surface area contributed by atoms with Crippen LogP contribution in [-0.2, 0) is 4.79 Å². The summed E-state index contributed by atoms with van der Waals surface area (Å²) in [4.78, 5) is 11.4. The second-order valence-corrected chi connectivity index (χ2v) is 5.13. The van der Waals surface area contributed by atoms with E-state index in [9.17, 15) is 4.79 Å². The summed E-state index contributed by atoms with van der Waals surface area (Å²) in [7, 11) is 0. The van der Waals surface area contributed by atoms with Gasteiger partial charge in [0.15, 0.2) is 0 Å². The number of halogens is 1. The third kappa shape index (κ3) is 2.28. The molecule has 1 amide bonds. The van der Waals surface area contributed by atoms with Gasteiger partial charge in [0, 0.05) is 16.9 Å². The lowest BCUT2D eigenvalue weighted by Crippen LogP contribution is -2.45. The molecular formula is C12H15BrN2O. The summed E-state index contributed by atoms with van der Waals surface area (Å²) < 4.78 is 1.01. The first-order valence-corrected chi connectivity index (χ1v) is 6.18. The van der Waals surface area contributed by atoms with E-state index in [1.54, 1.807) is 0 Å². The number of nitrogens with two attached hydrogens (primary N) is 1. The fourth-order valence-electron chi connectivity index (χ4n) is 2.01. The molecule has 1 aliphatic heterocycles. The summed E-state index contributed by atoms with van der Waals surface area (Å²) in [6.45, 7) is 2.04. The molecule has 86 valence electrons. The van der Waals surface area contributed by atoms with Crippen molar-refractivity contribution in [2.75, 3.05) is 0 Å². The Morgan fingerprint density at radius 2 is 2.25 bits per heavy atom. The Morgan fingerprint density at radius 3 is 2.94 bits per heavy atom. The van der Waals surface area contributed by atoms with E-state index in [1.165, 1.54) is 5.56 Å². The summed E-state index contributed by atoms with van der Waals surface area (Å²) in [6.07, 6.45) is 1.28. The molecule has 2 unspecified atom stereocenters. The van der Waals surface area contributed by atoms with Gasteiger partial charge in [-0.2, -0.15) is 0 Å². The van der Waals surface area contributed by atoms with Crippen LogP contribution in [0, 0.1) is 6.92 Å². The Labute approximate surface area is 104 Å². The van der Waals surface area contributed by atoms with E-state index in [0.717, 1.165) is 16.5 Å². The van der Waals surface area contributed by atoms with Gasteiger partial charge in [0.05, 0.1) is 6.04 Å². The van der Waals surface area contributed by atoms with Gasteiger partial charge in [0.2, 0.25) is 5.91 Å². The van der Waals surface area contributed by atoms with Crippen molar-refractivity contribution in [2.24, 2.45) is 5.73 Å². The van der Waals surface area contributed by atoms with Crippen LogP contribution in [0.4, 0.5) is 0 Å². The highest BCUT2D eigenvalue weighted by Crippen LogP contribution is 2.29. The van der Waals surface area contributed by atoms with Crippen molar-refractivity contribution < 1.29 is 4.79 Å². The molecule has 1 saturated heterocycles. The van der Waals surface area contributed by atoms with Crippen LogP contribution in [0.25, 0.3) is 0 Å². The number of hydrogen-bond acceptors (Lipinski definition) is 2. The molecule has 4 heteroatoms. The van der Waals surface area contributed by atoms with Crippen LogP contribution in [0.15, 0.2) is 22.7 Å². The molecule has 1 aliphatic rings. The molecule has 16 heavy (non-hydrogen) atoms. The lowest BCUT2D eigenvalue weighted by molar-refractivity contribution is -0.123. The van der Waals surface area contributed by atoms with Crippen molar-refractivity contribution in [3.63, 3.8) is 0 Å². The van der Waals surface area contributed by atoms with Crippen molar-refractivity contribution in [2.45, 2.75) is 31.8 Å². The van der Waals surface area contributed by atoms with E-state index in [4.69, 9.17) is 5.73 Å². The van der Waals surface area contributed by atoms with Crippen LogP contribution >= 0.6 is 15.9 Å². The molecule has 3 N–H and O–H groups in total. The van der Waals surface area contributed by atoms with E-state index in [1.807, 2.05) is 25.1 Å². The number of carbonyl (C=O) groups excluding carboxylic acids is 1. The average Bonchev–Trinajstić information content (AvgIpc) is 2.22. The zero-order valence-electron chi connectivity index (χ0n) is 9.16. The highest BCUT2D eigenvalue weighted by atomic mass is 79.9. The Balaban J connectivity index is 2.31. The van der Waals surface area contributed by atoms with Gasteiger partial charge in [-0.1, -0.05) is 28.1 Å². The normalized spacial score (nSPS) is 25.3. The van der Waals surface area contributed by atoms with Gasteiger partial charge >= 0.3 is 0 Å². The maximum Gasteiger partial charge on any atom is 0.220 e. The second kappa shape index (κ2) is 4.55. The van der Waals surface area contributed by atoms with Gasteiger partial charge in [-0.05, 0) is 30.5 Å². The van der Waals surface area contributed by atoms with Gasteiger partial charge < -0.3 is 11.1 Å². The Hall–Kier alpha value is -0.870. The minimum atomic E-state index is -0.0729. The van der Waals surface area contributed by atoms with Crippen LogP contribution in [-0.4, -0.2) is 11.9 Å². The van der Waals surface area contributed by atoms with E-state index < -0.39 is 0 Å². The molecule has 0 spiro atoms. The number of benzene rings is 1. The zero-order chi connectivity index (χ0) is 11.7. The van der Waals surface area contributed by atoms with Crippen LogP contribution in [0.2, 0.25) is 0 Å². The van der Waals surface area contributed by atoms with Crippen LogP contribution in [0.3, 0.4) is 0 Å². The second-order valence-electron chi connectivity index (χ2n) is 4.27. The number of amides is 1. The summed E-state index contributed by atoms with van der Waals surface area (Å²) in [5.41, 5.74) is 8.29. The molecule has 1 aromatic carbocycles. The number of hydrogen-bond donors (Lipinski definition) is 2. The predicted octanol–water partition coefficient (Wildman–Crippen LogP) is 2.04. The minimum Gasteiger partial charge on any atom is -0.348 e. The molecule has 3 nitrogen and oxygen atoms in total.